The summed E-state index contributed by atoms with van der Waals surface area (Å²) < 4.78 is 0. The fraction of sp³-hybridized carbons (Fsp3) is 0.615. The number of halogens is 1. The fourth-order valence-electron chi connectivity index (χ4n) is 7.41. The summed E-state index contributed by atoms with van der Waals surface area (Å²) >= 11 is 6.04. The van der Waals surface area contributed by atoms with E-state index in [4.69, 9.17) is 11.6 Å². The number of fused-ring (bicyclic) bond motifs is 5. The van der Waals surface area contributed by atoms with Crippen LogP contribution in [-0.4, -0.2) is 22.4 Å². The highest BCUT2D eigenvalue weighted by atomic mass is 35.5. The number of allylic oxidation sites excluding steroid dienone is 1. The van der Waals surface area contributed by atoms with Crippen molar-refractivity contribution in [3.8, 4) is 0 Å². The van der Waals surface area contributed by atoms with Gasteiger partial charge in [0.25, 0.3) is 0 Å². The number of hydrogen-bond donors (Lipinski definition) is 2. The second kappa shape index (κ2) is 6.97. The van der Waals surface area contributed by atoms with Gasteiger partial charge in [0.2, 0.25) is 0 Å². The van der Waals surface area contributed by atoms with Gasteiger partial charge < -0.3 is 10.2 Å². The number of aliphatic hydroxyl groups excluding tert-OH is 2. The van der Waals surface area contributed by atoms with Crippen LogP contribution in [0.1, 0.15) is 64.4 Å². The first-order valence-corrected chi connectivity index (χ1v) is 11.7. The summed E-state index contributed by atoms with van der Waals surface area (Å²) in [5, 5.41) is 22.3. The largest absolute Gasteiger partial charge is 0.393 e. The SMILES string of the molecule is C[C@]12CC[C@@H]3[C@H](CC=C4C[C@@H](O)CC[C@@]43C)[C@H]1C/C(=C/c1ccc(Cl)cc1)[C@@H]2O. The van der Waals surface area contributed by atoms with Gasteiger partial charge in [-0.15, -0.1) is 0 Å². The molecule has 5 rings (SSSR count). The zero-order valence-electron chi connectivity index (χ0n) is 17.6. The minimum absolute atomic E-state index is 0.0185. The Labute approximate surface area is 179 Å². The van der Waals surface area contributed by atoms with Crippen molar-refractivity contribution in [2.75, 3.05) is 0 Å². The summed E-state index contributed by atoms with van der Waals surface area (Å²) in [7, 11) is 0. The van der Waals surface area contributed by atoms with Gasteiger partial charge in [-0.1, -0.05) is 55.3 Å². The summed E-state index contributed by atoms with van der Waals surface area (Å²) in [6, 6.07) is 7.93. The van der Waals surface area contributed by atoms with Crippen LogP contribution in [0.3, 0.4) is 0 Å². The molecule has 7 atom stereocenters. The van der Waals surface area contributed by atoms with Crippen molar-refractivity contribution in [3.63, 3.8) is 0 Å². The Bertz CT molecular complexity index is 856. The van der Waals surface area contributed by atoms with Gasteiger partial charge in [0.05, 0.1) is 12.2 Å². The molecule has 0 amide bonds. The van der Waals surface area contributed by atoms with Crippen LogP contribution in [0, 0.1) is 28.6 Å². The lowest BCUT2D eigenvalue weighted by Gasteiger charge is -2.57. The Kier molecular flexibility index (Phi) is 4.77. The van der Waals surface area contributed by atoms with Crippen molar-refractivity contribution in [1.29, 1.82) is 0 Å². The Morgan fingerprint density at radius 1 is 1.00 bits per heavy atom. The predicted molar refractivity (Wildman–Crippen MR) is 119 cm³/mol. The molecule has 3 saturated carbocycles. The van der Waals surface area contributed by atoms with Crippen molar-refractivity contribution >= 4 is 17.7 Å². The standard InChI is InChI=1S/C26H33ClO2/c1-25-11-9-20(28)15-18(25)5-8-21-22(25)10-12-26(2)23(21)14-17(24(26)29)13-16-3-6-19(27)7-4-16/h3-7,13,20-24,28-29H,8-12,14-15H2,1-2H3/b17-13-/t20-,21-,22+,23+,24-,25-,26-/m0/s1. The van der Waals surface area contributed by atoms with Gasteiger partial charge in [-0.3, -0.25) is 0 Å². The lowest BCUT2D eigenvalue weighted by atomic mass is 9.48. The van der Waals surface area contributed by atoms with Crippen LogP contribution in [0.4, 0.5) is 0 Å². The number of benzene rings is 1. The Morgan fingerprint density at radius 3 is 2.52 bits per heavy atom. The third kappa shape index (κ3) is 3.06. The summed E-state index contributed by atoms with van der Waals surface area (Å²) in [5.41, 5.74) is 4.06. The van der Waals surface area contributed by atoms with E-state index in [-0.39, 0.29) is 23.0 Å². The van der Waals surface area contributed by atoms with Crippen molar-refractivity contribution in [1.82, 2.24) is 0 Å². The fourth-order valence-corrected chi connectivity index (χ4v) is 7.54. The highest BCUT2D eigenvalue weighted by Crippen LogP contribution is 2.65. The zero-order valence-corrected chi connectivity index (χ0v) is 18.3. The monoisotopic (exact) mass is 412 g/mol. The summed E-state index contributed by atoms with van der Waals surface area (Å²) in [4.78, 5) is 0. The quantitative estimate of drug-likeness (QED) is 0.554. The van der Waals surface area contributed by atoms with E-state index in [9.17, 15) is 10.2 Å². The number of rotatable bonds is 1. The van der Waals surface area contributed by atoms with Crippen molar-refractivity contribution in [2.24, 2.45) is 28.6 Å². The molecule has 0 bridgehead atoms. The van der Waals surface area contributed by atoms with Crippen molar-refractivity contribution < 1.29 is 10.2 Å². The average Bonchev–Trinajstić information content (AvgIpc) is 2.95. The van der Waals surface area contributed by atoms with Crippen LogP contribution in [-0.2, 0) is 0 Å². The van der Waals surface area contributed by atoms with Gasteiger partial charge in [-0.05, 0) is 91.4 Å². The van der Waals surface area contributed by atoms with E-state index in [1.807, 2.05) is 24.3 Å². The molecule has 0 radical (unpaired) electrons. The highest BCUT2D eigenvalue weighted by Gasteiger charge is 2.59. The second-order valence-corrected chi connectivity index (χ2v) is 11.0. The molecule has 4 aliphatic carbocycles. The molecule has 0 unspecified atom stereocenters. The van der Waals surface area contributed by atoms with E-state index >= 15 is 0 Å². The van der Waals surface area contributed by atoms with Gasteiger partial charge in [0.15, 0.2) is 0 Å². The average molecular weight is 413 g/mol. The van der Waals surface area contributed by atoms with Gasteiger partial charge in [-0.2, -0.15) is 0 Å². The summed E-state index contributed by atoms with van der Waals surface area (Å²) in [6.07, 6.45) is 11.5. The molecule has 1 aromatic carbocycles. The molecule has 29 heavy (non-hydrogen) atoms. The second-order valence-electron chi connectivity index (χ2n) is 10.6. The third-order valence-corrected chi connectivity index (χ3v) is 9.42. The van der Waals surface area contributed by atoms with Gasteiger partial charge >= 0.3 is 0 Å². The summed E-state index contributed by atoms with van der Waals surface area (Å²) in [6.45, 7) is 4.79. The van der Waals surface area contributed by atoms with E-state index in [1.165, 1.54) is 17.6 Å². The van der Waals surface area contributed by atoms with Crippen LogP contribution >= 0.6 is 11.6 Å². The van der Waals surface area contributed by atoms with Crippen molar-refractivity contribution in [3.05, 3.63) is 52.1 Å². The van der Waals surface area contributed by atoms with Crippen LogP contribution < -0.4 is 0 Å². The van der Waals surface area contributed by atoms with Crippen LogP contribution in [0.5, 0.6) is 0 Å². The molecule has 0 spiro atoms. The lowest BCUT2D eigenvalue weighted by Crippen LogP contribution is -2.51. The zero-order chi connectivity index (χ0) is 20.4. The maximum Gasteiger partial charge on any atom is 0.0809 e. The van der Waals surface area contributed by atoms with E-state index in [0.717, 1.165) is 49.1 Å². The van der Waals surface area contributed by atoms with Crippen molar-refractivity contribution in [2.45, 2.75) is 71.0 Å². The molecule has 0 heterocycles. The first-order chi connectivity index (χ1) is 13.8. The van der Waals surface area contributed by atoms with E-state index in [1.54, 1.807) is 0 Å². The third-order valence-electron chi connectivity index (χ3n) is 9.17. The molecule has 2 nitrogen and oxygen atoms in total. The molecule has 3 fully saturated rings. The Hall–Kier alpha value is -1.09. The normalized spacial score (nSPS) is 45.3. The molecule has 156 valence electrons. The van der Waals surface area contributed by atoms with Gasteiger partial charge in [0.1, 0.15) is 0 Å². The predicted octanol–water partition coefficient (Wildman–Crippen LogP) is 6.02. The minimum Gasteiger partial charge on any atom is -0.393 e. The molecule has 2 N–H and O–H groups in total. The molecular weight excluding hydrogens is 380 g/mol. The molecular formula is C26H33ClO2. The van der Waals surface area contributed by atoms with Crippen LogP contribution in [0.2, 0.25) is 5.02 Å². The molecule has 0 saturated heterocycles. The van der Waals surface area contributed by atoms with E-state index in [0.29, 0.717) is 17.8 Å². The maximum absolute atomic E-state index is 11.3. The van der Waals surface area contributed by atoms with E-state index in [2.05, 4.69) is 26.0 Å². The molecule has 0 aromatic heterocycles. The smallest absolute Gasteiger partial charge is 0.0809 e. The molecule has 3 heteroatoms. The maximum atomic E-state index is 11.3. The topological polar surface area (TPSA) is 40.5 Å². The molecule has 4 aliphatic rings. The van der Waals surface area contributed by atoms with Crippen LogP contribution in [0.15, 0.2) is 41.5 Å². The molecule has 0 aliphatic heterocycles. The van der Waals surface area contributed by atoms with E-state index < -0.39 is 0 Å². The minimum atomic E-state index is -0.351. The highest BCUT2D eigenvalue weighted by molar-refractivity contribution is 6.30. The number of aliphatic hydroxyl groups is 2. The number of hydrogen-bond acceptors (Lipinski definition) is 2. The Balaban J connectivity index is 1.46. The lowest BCUT2D eigenvalue weighted by molar-refractivity contribution is -0.0685. The summed E-state index contributed by atoms with van der Waals surface area (Å²) in [5.74, 6) is 1.87. The Morgan fingerprint density at radius 2 is 1.76 bits per heavy atom. The first-order valence-electron chi connectivity index (χ1n) is 11.3. The van der Waals surface area contributed by atoms with Crippen LogP contribution in [0.25, 0.3) is 6.08 Å². The first kappa shape index (κ1) is 19.8. The van der Waals surface area contributed by atoms with Gasteiger partial charge in [-0.25, -0.2) is 0 Å². The molecule has 1 aromatic rings. The van der Waals surface area contributed by atoms with Gasteiger partial charge in [0, 0.05) is 10.4 Å².